The van der Waals surface area contributed by atoms with Gasteiger partial charge in [-0.1, -0.05) is 50.6 Å². The molecule has 2 atom stereocenters. The number of β-amino-alcohol motifs (C(OH)–C–C–N with tert-alkyl or cyclic N) is 1. The summed E-state index contributed by atoms with van der Waals surface area (Å²) in [4.78, 5) is 2.26. The van der Waals surface area contributed by atoms with E-state index in [0.717, 1.165) is 43.1 Å². The number of hydrogen-bond donors (Lipinski definition) is 2. The summed E-state index contributed by atoms with van der Waals surface area (Å²) in [5.74, 6) is 2.25. The zero-order chi connectivity index (χ0) is 23.8. The molecule has 0 radical (unpaired) electrons. The number of piperazine rings is 1. The first kappa shape index (κ1) is 26.1. The van der Waals surface area contributed by atoms with Crippen LogP contribution < -0.4 is 14.8 Å². The molecule has 2 aromatic rings. The van der Waals surface area contributed by atoms with Crippen LogP contribution in [0.4, 0.5) is 0 Å². The average molecular weight is 495 g/mol. The Morgan fingerprint density at radius 1 is 1.03 bits per heavy atom. The number of aliphatic hydroxyl groups is 1. The van der Waals surface area contributed by atoms with Crippen LogP contribution in [0.2, 0.25) is 5.02 Å². The van der Waals surface area contributed by atoms with Crippen LogP contribution in [0.15, 0.2) is 42.5 Å². The molecule has 5 nitrogen and oxygen atoms in total. The van der Waals surface area contributed by atoms with Crippen molar-refractivity contribution in [3.8, 4) is 11.5 Å². The van der Waals surface area contributed by atoms with E-state index < -0.39 is 6.10 Å². The van der Waals surface area contributed by atoms with Gasteiger partial charge in [0, 0.05) is 49.9 Å². The fourth-order valence-corrected chi connectivity index (χ4v) is 4.18. The Hall–Kier alpha value is -1.50. The monoisotopic (exact) mass is 494 g/mol. The molecular formula is C26H36Cl2N2O3. The van der Waals surface area contributed by atoms with E-state index >= 15 is 0 Å². The molecule has 0 spiro atoms. The van der Waals surface area contributed by atoms with Gasteiger partial charge in [-0.25, -0.2) is 0 Å². The molecule has 0 unspecified atom stereocenters. The summed E-state index contributed by atoms with van der Waals surface area (Å²) in [5.41, 5.74) is 2.01. The highest BCUT2D eigenvalue weighted by molar-refractivity contribution is 6.32. The van der Waals surface area contributed by atoms with Gasteiger partial charge in [0.2, 0.25) is 0 Å². The lowest BCUT2D eigenvalue weighted by Crippen LogP contribution is -2.47. The van der Waals surface area contributed by atoms with E-state index in [1.807, 2.05) is 31.2 Å². The Morgan fingerprint density at radius 3 is 2.33 bits per heavy atom. The van der Waals surface area contributed by atoms with Crippen LogP contribution in [0, 0.1) is 5.92 Å². The summed E-state index contributed by atoms with van der Waals surface area (Å²) < 4.78 is 11.6. The standard InChI is InChI=1S/C26H36Cl2N2O3/c1-19(15-27)17-33-25-9-6-21(14-24(25)28)26(2,3)20-4-7-23(8-5-20)32-18-22(31)16-30-12-10-29-11-13-30/h4-9,14,19,22,29,31H,10-13,15-18H2,1-3H3/t19-,22-/m1/s1. The Balaban J connectivity index is 1.57. The van der Waals surface area contributed by atoms with E-state index in [9.17, 15) is 5.11 Å². The summed E-state index contributed by atoms with van der Waals surface area (Å²) in [6.07, 6.45) is -0.505. The number of halogens is 2. The van der Waals surface area contributed by atoms with Gasteiger partial charge in [-0.3, -0.25) is 4.90 Å². The molecule has 3 rings (SSSR count). The second-order valence-corrected chi connectivity index (χ2v) is 10.1. The molecule has 182 valence electrons. The van der Waals surface area contributed by atoms with Crippen molar-refractivity contribution in [1.82, 2.24) is 10.2 Å². The van der Waals surface area contributed by atoms with Crippen LogP contribution in [0.5, 0.6) is 11.5 Å². The second kappa shape index (κ2) is 12.3. The lowest BCUT2D eigenvalue weighted by molar-refractivity contribution is 0.0641. The number of aliphatic hydroxyl groups excluding tert-OH is 1. The molecule has 1 aliphatic heterocycles. The van der Waals surface area contributed by atoms with Crippen LogP contribution >= 0.6 is 23.2 Å². The molecule has 1 fully saturated rings. The predicted octanol–water partition coefficient (Wildman–Crippen LogP) is 4.56. The predicted molar refractivity (Wildman–Crippen MR) is 136 cm³/mol. The van der Waals surface area contributed by atoms with Crippen molar-refractivity contribution in [3.05, 3.63) is 58.6 Å². The summed E-state index contributed by atoms with van der Waals surface area (Å²) >= 11 is 12.4. The fourth-order valence-electron chi connectivity index (χ4n) is 3.85. The fraction of sp³-hybridized carbons (Fsp3) is 0.538. The van der Waals surface area contributed by atoms with Crippen LogP contribution in [0.3, 0.4) is 0 Å². The molecule has 0 aliphatic carbocycles. The number of alkyl halides is 1. The highest BCUT2D eigenvalue weighted by atomic mass is 35.5. The normalized spacial score (nSPS) is 16.9. The van der Waals surface area contributed by atoms with Crippen molar-refractivity contribution in [2.45, 2.75) is 32.3 Å². The highest BCUT2D eigenvalue weighted by Gasteiger charge is 2.24. The van der Waals surface area contributed by atoms with Gasteiger partial charge in [-0.15, -0.1) is 11.6 Å². The van der Waals surface area contributed by atoms with Crippen molar-refractivity contribution in [2.24, 2.45) is 5.92 Å². The summed E-state index contributed by atoms with van der Waals surface area (Å²) in [6.45, 7) is 11.7. The van der Waals surface area contributed by atoms with Gasteiger partial charge in [0.15, 0.2) is 0 Å². The van der Waals surface area contributed by atoms with E-state index in [-0.39, 0.29) is 17.9 Å². The molecule has 1 heterocycles. The SMILES string of the molecule is C[C@H](CCl)COc1ccc(C(C)(C)c2ccc(OC[C@H](O)CN3CCNCC3)cc2)cc1Cl. The molecule has 1 aliphatic rings. The number of nitrogens with zero attached hydrogens (tertiary/aromatic N) is 1. The lowest BCUT2D eigenvalue weighted by atomic mass is 9.78. The molecule has 7 heteroatoms. The number of benzene rings is 2. The van der Waals surface area contributed by atoms with Gasteiger partial charge in [0.1, 0.15) is 24.2 Å². The molecule has 2 N–H and O–H groups in total. The number of hydrogen-bond acceptors (Lipinski definition) is 5. The summed E-state index contributed by atoms with van der Waals surface area (Å²) in [5, 5.41) is 14.2. The third-order valence-corrected chi connectivity index (χ3v) is 6.96. The van der Waals surface area contributed by atoms with E-state index in [4.69, 9.17) is 32.7 Å². The third-order valence-electron chi connectivity index (χ3n) is 6.14. The number of rotatable bonds is 11. The minimum Gasteiger partial charge on any atom is -0.492 e. The van der Waals surface area contributed by atoms with Crippen LogP contribution in [-0.4, -0.2) is 67.9 Å². The van der Waals surface area contributed by atoms with Crippen LogP contribution in [0.1, 0.15) is 31.9 Å². The van der Waals surface area contributed by atoms with E-state index in [2.05, 4.69) is 42.3 Å². The zero-order valence-electron chi connectivity index (χ0n) is 19.8. The molecule has 1 saturated heterocycles. The Bertz CT molecular complexity index is 870. The molecule has 0 bridgehead atoms. The topological polar surface area (TPSA) is 54.0 Å². The van der Waals surface area contributed by atoms with Gasteiger partial charge >= 0.3 is 0 Å². The van der Waals surface area contributed by atoms with Crippen molar-refractivity contribution in [2.75, 3.05) is 51.8 Å². The van der Waals surface area contributed by atoms with Crippen molar-refractivity contribution in [1.29, 1.82) is 0 Å². The van der Waals surface area contributed by atoms with Gasteiger partial charge < -0.3 is 19.9 Å². The highest BCUT2D eigenvalue weighted by Crippen LogP contribution is 2.36. The van der Waals surface area contributed by atoms with Gasteiger partial charge in [-0.05, 0) is 35.4 Å². The molecule has 0 aromatic heterocycles. The van der Waals surface area contributed by atoms with E-state index in [1.165, 1.54) is 0 Å². The van der Waals surface area contributed by atoms with Gasteiger partial charge in [0.05, 0.1) is 11.6 Å². The van der Waals surface area contributed by atoms with E-state index in [0.29, 0.717) is 29.8 Å². The van der Waals surface area contributed by atoms with Crippen LogP contribution in [0.25, 0.3) is 0 Å². The minimum atomic E-state index is -0.505. The molecule has 0 saturated carbocycles. The first-order chi connectivity index (χ1) is 15.8. The maximum Gasteiger partial charge on any atom is 0.137 e. The summed E-state index contributed by atoms with van der Waals surface area (Å²) in [6, 6.07) is 14.0. The van der Waals surface area contributed by atoms with E-state index in [1.54, 1.807) is 0 Å². The Morgan fingerprint density at radius 2 is 1.70 bits per heavy atom. The van der Waals surface area contributed by atoms with Crippen molar-refractivity contribution >= 4 is 23.2 Å². The average Bonchev–Trinajstić information content (AvgIpc) is 2.82. The molecule has 0 amide bonds. The van der Waals surface area contributed by atoms with Gasteiger partial charge in [0.25, 0.3) is 0 Å². The minimum absolute atomic E-state index is 0.244. The summed E-state index contributed by atoms with van der Waals surface area (Å²) in [7, 11) is 0. The largest absolute Gasteiger partial charge is 0.492 e. The molecule has 33 heavy (non-hydrogen) atoms. The zero-order valence-corrected chi connectivity index (χ0v) is 21.3. The molecule has 2 aromatic carbocycles. The number of ether oxygens (including phenoxy) is 2. The smallest absolute Gasteiger partial charge is 0.137 e. The number of nitrogens with one attached hydrogen (secondary N) is 1. The maximum absolute atomic E-state index is 10.3. The van der Waals surface area contributed by atoms with Crippen molar-refractivity contribution in [3.63, 3.8) is 0 Å². The first-order valence-corrected chi connectivity index (χ1v) is 12.5. The molecular weight excluding hydrogens is 459 g/mol. The first-order valence-electron chi connectivity index (χ1n) is 11.6. The van der Waals surface area contributed by atoms with Crippen molar-refractivity contribution < 1.29 is 14.6 Å². The Kier molecular flexibility index (Phi) is 9.71. The third kappa shape index (κ3) is 7.49. The van der Waals surface area contributed by atoms with Gasteiger partial charge in [-0.2, -0.15) is 0 Å². The van der Waals surface area contributed by atoms with Crippen LogP contribution in [-0.2, 0) is 5.41 Å². The second-order valence-electron chi connectivity index (χ2n) is 9.38. The Labute approximate surface area is 208 Å². The maximum atomic E-state index is 10.3. The quantitative estimate of drug-likeness (QED) is 0.448. The lowest BCUT2D eigenvalue weighted by Gasteiger charge is -2.29.